The summed E-state index contributed by atoms with van der Waals surface area (Å²) >= 11 is 0. The minimum absolute atomic E-state index is 0.651. The summed E-state index contributed by atoms with van der Waals surface area (Å²) in [4.78, 5) is 0. The molecule has 0 saturated heterocycles. The van der Waals surface area contributed by atoms with Crippen LogP contribution in [0.4, 0.5) is 0 Å². The van der Waals surface area contributed by atoms with Crippen LogP contribution in [0.1, 0.15) is 57.1 Å². The number of rotatable bonds is 6. The number of aryl methyl sites for hydroxylation is 2. The SMILES string of the molecule is NCCCc1cn(CCC23CC4CC(CC(C4)C2)C3)nn1. The minimum Gasteiger partial charge on any atom is -0.330 e. The van der Waals surface area contributed by atoms with Crippen LogP contribution in [-0.2, 0) is 13.0 Å². The normalized spacial score (nSPS) is 37.3. The van der Waals surface area contributed by atoms with Crippen LogP contribution < -0.4 is 5.73 Å². The average Bonchev–Trinajstić information content (AvgIpc) is 2.90. The molecule has 4 aliphatic rings. The molecule has 21 heavy (non-hydrogen) atoms. The quantitative estimate of drug-likeness (QED) is 0.875. The van der Waals surface area contributed by atoms with Crippen LogP contribution in [0.5, 0.6) is 0 Å². The van der Waals surface area contributed by atoms with E-state index in [2.05, 4.69) is 21.2 Å². The van der Waals surface area contributed by atoms with Gasteiger partial charge in [0.15, 0.2) is 0 Å². The Hall–Kier alpha value is -0.900. The molecular formula is C17H28N4. The second-order valence-electron chi connectivity index (χ2n) is 8.03. The van der Waals surface area contributed by atoms with Gasteiger partial charge in [-0.15, -0.1) is 5.10 Å². The summed E-state index contributed by atoms with van der Waals surface area (Å²) in [5.41, 5.74) is 7.31. The third-order valence-electron chi connectivity index (χ3n) is 6.26. The van der Waals surface area contributed by atoms with E-state index < -0.39 is 0 Å². The molecule has 0 aliphatic heterocycles. The van der Waals surface area contributed by atoms with E-state index in [0.29, 0.717) is 5.41 Å². The highest BCUT2D eigenvalue weighted by atomic mass is 15.4. The lowest BCUT2D eigenvalue weighted by Crippen LogP contribution is -2.46. The van der Waals surface area contributed by atoms with Crippen molar-refractivity contribution in [1.29, 1.82) is 0 Å². The van der Waals surface area contributed by atoms with Crippen molar-refractivity contribution in [2.24, 2.45) is 28.9 Å². The minimum atomic E-state index is 0.651. The average molecular weight is 288 g/mol. The maximum atomic E-state index is 5.56. The Bertz CT molecular complexity index is 457. The molecule has 5 rings (SSSR count). The first-order chi connectivity index (χ1) is 10.2. The van der Waals surface area contributed by atoms with Crippen molar-refractivity contribution < 1.29 is 0 Å². The third kappa shape index (κ3) is 2.75. The molecule has 4 bridgehead atoms. The molecule has 0 aromatic carbocycles. The molecule has 4 aliphatic carbocycles. The summed E-state index contributed by atoms with van der Waals surface area (Å²) in [7, 11) is 0. The zero-order chi connectivity index (χ0) is 14.3. The highest BCUT2D eigenvalue weighted by molar-refractivity contribution is 5.01. The molecule has 0 radical (unpaired) electrons. The molecule has 1 aromatic rings. The van der Waals surface area contributed by atoms with Crippen molar-refractivity contribution in [3.05, 3.63) is 11.9 Å². The van der Waals surface area contributed by atoms with Gasteiger partial charge in [0.25, 0.3) is 0 Å². The summed E-state index contributed by atoms with van der Waals surface area (Å²) in [5.74, 6) is 3.14. The first-order valence-corrected chi connectivity index (χ1v) is 8.84. The second kappa shape index (κ2) is 5.38. The van der Waals surface area contributed by atoms with Gasteiger partial charge in [0.05, 0.1) is 5.69 Å². The van der Waals surface area contributed by atoms with Crippen molar-refractivity contribution in [3.8, 4) is 0 Å². The highest BCUT2D eigenvalue weighted by Gasteiger charge is 2.50. The summed E-state index contributed by atoms with van der Waals surface area (Å²) in [6, 6.07) is 0. The Labute approximate surface area is 127 Å². The van der Waals surface area contributed by atoms with Crippen LogP contribution in [-0.4, -0.2) is 21.5 Å². The van der Waals surface area contributed by atoms with Gasteiger partial charge in [0.1, 0.15) is 0 Å². The number of nitrogens with two attached hydrogens (primary N) is 1. The Balaban J connectivity index is 1.37. The van der Waals surface area contributed by atoms with Crippen LogP contribution in [0.3, 0.4) is 0 Å². The molecule has 1 heterocycles. The number of hydrogen-bond acceptors (Lipinski definition) is 3. The number of hydrogen-bond donors (Lipinski definition) is 1. The molecule has 0 unspecified atom stereocenters. The molecule has 0 amide bonds. The fourth-order valence-corrected chi connectivity index (χ4v) is 5.79. The summed E-state index contributed by atoms with van der Waals surface area (Å²) in [6.07, 6.45) is 14.5. The fourth-order valence-electron chi connectivity index (χ4n) is 5.79. The van der Waals surface area contributed by atoms with E-state index in [1.807, 2.05) is 0 Å². The Morgan fingerprint density at radius 1 is 1.14 bits per heavy atom. The maximum absolute atomic E-state index is 5.56. The van der Waals surface area contributed by atoms with Crippen molar-refractivity contribution in [2.45, 2.75) is 64.3 Å². The molecule has 4 nitrogen and oxygen atoms in total. The van der Waals surface area contributed by atoms with E-state index in [1.54, 1.807) is 0 Å². The van der Waals surface area contributed by atoms with Crippen LogP contribution in [0.2, 0.25) is 0 Å². The molecule has 0 atom stereocenters. The van der Waals surface area contributed by atoms with E-state index in [-0.39, 0.29) is 0 Å². The standard InChI is InChI=1S/C17H28N4/c18-4-1-2-16-12-21(20-19-16)5-3-17-9-13-6-14(10-17)8-15(7-13)11-17/h12-15H,1-11,18H2. The predicted molar refractivity (Wildman–Crippen MR) is 82.6 cm³/mol. The molecule has 0 spiro atoms. The van der Waals surface area contributed by atoms with Gasteiger partial charge in [-0.05, 0) is 87.5 Å². The molecule has 4 saturated carbocycles. The second-order valence-corrected chi connectivity index (χ2v) is 8.03. The topological polar surface area (TPSA) is 56.7 Å². The smallest absolute Gasteiger partial charge is 0.0827 e. The lowest BCUT2D eigenvalue weighted by molar-refractivity contribution is -0.0596. The first-order valence-electron chi connectivity index (χ1n) is 8.84. The van der Waals surface area contributed by atoms with Crippen LogP contribution in [0.15, 0.2) is 6.20 Å². The Kier molecular flexibility index (Phi) is 3.52. The highest BCUT2D eigenvalue weighted by Crippen LogP contribution is 2.61. The lowest BCUT2D eigenvalue weighted by atomic mass is 9.49. The molecule has 2 N–H and O–H groups in total. The van der Waals surface area contributed by atoms with Crippen molar-refractivity contribution >= 4 is 0 Å². The predicted octanol–water partition coefficient (Wildman–Crippen LogP) is 2.78. The van der Waals surface area contributed by atoms with E-state index in [9.17, 15) is 0 Å². The van der Waals surface area contributed by atoms with E-state index in [4.69, 9.17) is 5.73 Å². The van der Waals surface area contributed by atoms with Crippen molar-refractivity contribution in [1.82, 2.24) is 15.0 Å². The van der Waals surface area contributed by atoms with Gasteiger partial charge in [-0.2, -0.15) is 0 Å². The van der Waals surface area contributed by atoms with Gasteiger partial charge >= 0.3 is 0 Å². The Morgan fingerprint density at radius 3 is 2.43 bits per heavy atom. The lowest BCUT2D eigenvalue weighted by Gasteiger charge is -2.57. The molecular weight excluding hydrogens is 260 g/mol. The van der Waals surface area contributed by atoms with Crippen LogP contribution in [0, 0.1) is 23.2 Å². The monoisotopic (exact) mass is 288 g/mol. The van der Waals surface area contributed by atoms with Crippen LogP contribution in [0.25, 0.3) is 0 Å². The van der Waals surface area contributed by atoms with E-state index in [1.165, 1.54) is 44.9 Å². The molecule has 1 aromatic heterocycles. The van der Waals surface area contributed by atoms with E-state index >= 15 is 0 Å². The summed E-state index contributed by atoms with van der Waals surface area (Å²) in [6.45, 7) is 1.79. The Morgan fingerprint density at radius 2 is 1.81 bits per heavy atom. The van der Waals surface area contributed by atoms with Gasteiger partial charge in [-0.3, -0.25) is 4.68 Å². The van der Waals surface area contributed by atoms with Gasteiger partial charge in [0, 0.05) is 12.7 Å². The molecule has 116 valence electrons. The van der Waals surface area contributed by atoms with Gasteiger partial charge < -0.3 is 5.73 Å². The first kappa shape index (κ1) is 13.7. The molecule has 4 heteroatoms. The zero-order valence-corrected chi connectivity index (χ0v) is 13.0. The van der Waals surface area contributed by atoms with Gasteiger partial charge in [-0.1, -0.05) is 5.21 Å². The summed E-state index contributed by atoms with van der Waals surface area (Å²) < 4.78 is 2.07. The van der Waals surface area contributed by atoms with Crippen molar-refractivity contribution in [3.63, 3.8) is 0 Å². The van der Waals surface area contributed by atoms with Crippen LogP contribution >= 0.6 is 0 Å². The van der Waals surface area contributed by atoms with Crippen molar-refractivity contribution in [2.75, 3.05) is 6.54 Å². The largest absolute Gasteiger partial charge is 0.330 e. The third-order valence-corrected chi connectivity index (χ3v) is 6.26. The number of aromatic nitrogens is 3. The van der Waals surface area contributed by atoms with Gasteiger partial charge in [-0.25, -0.2) is 0 Å². The number of nitrogens with zero attached hydrogens (tertiary/aromatic N) is 3. The zero-order valence-electron chi connectivity index (χ0n) is 13.0. The van der Waals surface area contributed by atoms with Gasteiger partial charge in [0.2, 0.25) is 0 Å². The fraction of sp³-hybridized carbons (Fsp3) is 0.882. The van der Waals surface area contributed by atoms with E-state index in [0.717, 1.165) is 49.4 Å². The summed E-state index contributed by atoms with van der Waals surface area (Å²) in [5, 5.41) is 8.59. The molecule has 4 fully saturated rings. The maximum Gasteiger partial charge on any atom is 0.0827 e.